The van der Waals surface area contributed by atoms with Crippen molar-refractivity contribution in [3.63, 3.8) is 0 Å². The van der Waals surface area contributed by atoms with Crippen LogP contribution in [0.5, 0.6) is 5.75 Å². The Bertz CT molecular complexity index is 422. The second-order valence-corrected chi connectivity index (χ2v) is 3.90. The van der Waals surface area contributed by atoms with E-state index in [-0.39, 0.29) is 0 Å². The van der Waals surface area contributed by atoms with Crippen LogP contribution in [0.15, 0.2) is 48.5 Å². The molecular weight excluding hydrogens is 220 g/mol. The molecule has 2 rings (SSSR count). The third kappa shape index (κ3) is 3.28. The zero-order chi connectivity index (χ0) is 11.2. The van der Waals surface area contributed by atoms with Crippen molar-refractivity contribution in [1.82, 2.24) is 0 Å². The number of halogens is 1. The summed E-state index contributed by atoms with van der Waals surface area (Å²) in [4.78, 5) is 0. The van der Waals surface area contributed by atoms with E-state index in [1.54, 1.807) is 0 Å². The molecule has 0 heterocycles. The fraction of sp³-hybridized carbons (Fsp3) is 0.143. The Balaban J connectivity index is 1.82. The molecule has 0 aliphatic heterocycles. The van der Waals surface area contributed by atoms with Crippen LogP contribution >= 0.6 is 11.6 Å². The molecule has 0 aliphatic rings. The normalized spacial score (nSPS) is 10.1. The SMILES string of the molecule is Clc1ccc(CCOc2c[c]ccc2)cc1. The smallest absolute Gasteiger partial charge is 0.119 e. The average Bonchev–Trinajstić information content (AvgIpc) is 2.33. The largest absolute Gasteiger partial charge is 0.493 e. The van der Waals surface area contributed by atoms with Crippen LogP contribution in [0.25, 0.3) is 0 Å². The molecule has 1 radical (unpaired) electrons. The molecule has 0 atom stereocenters. The van der Waals surface area contributed by atoms with Gasteiger partial charge in [0.1, 0.15) is 5.75 Å². The summed E-state index contributed by atoms with van der Waals surface area (Å²) >= 11 is 5.81. The van der Waals surface area contributed by atoms with E-state index in [1.807, 2.05) is 48.5 Å². The number of benzene rings is 2. The van der Waals surface area contributed by atoms with Gasteiger partial charge in [-0.3, -0.25) is 0 Å². The minimum Gasteiger partial charge on any atom is -0.493 e. The van der Waals surface area contributed by atoms with Crippen molar-refractivity contribution in [1.29, 1.82) is 0 Å². The van der Waals surface area contributed by atoms with Gasteiger partial charge < -0.3 is 4.74 Å². The van der Waals surface area contributed by atoms with Crippen LogP contribution in [-0.2, 0) is 6.42 Å². The van der Waals surface area contributed by atoms with Crippen molar-refractivity contribution < 1.29 is 4.74 Å². The van der Waals surface area contributed by atoms with Crippen molar-refractivity contribution in [2.24, 2.45) is 0 Å². The Kier molecular flexibility index (Phi) is 3.84. The van der Waals surface area contributed by atoms with Crippen LogP contribution in [0.2, 0.25) is 5.02 Å². The van der Waals surface area contributed by atoms with Crippen LogP contribution in [0.3, 0.4) is 0 Å². The van der Waals surface area contributed by atoms with E-state index in [0.29, 0.717) is 6.61 Å². The molecule has 2 aromatic rings. The summed E-state index contributed by atoms with van der Waals surface area (Å²) in [6.45, 7) is 0.666. The molecule has 0 aromatic heterocycles. The van der Waals surface area contributed by atoms with Crippen molar-refractivity contribution in [3.8, 4) is 5.75 Å². The summed E-state index contributed by atoms with van der Waals surface area (Å²) in [6.07, 6.45) is 0.881. The van der Waals surface area contributed by atoms with Gasteiger partial charge in [0, 0.05) is 11.4 Å². The molecular formula is C14H12ClO. The average molecular weight is 232 g/mol. The van der Waals surface area contributed by atoms with Gasteiger partial charge in [-0.2, -0.15) is 0 Å². The summed E-state index contributed by atoms with van der Waals surface area (Å²) in [5.41, 5.74) is 1.23. The topological polar surface area (TPSA) is 9.23 Å². The van der Waals surface area contributed by atoms with Gasteiger partial charge in [-0.15, -0.1) is 0 Å². The lowest BCUT2D eigenvalue weighted by Crippen LogP contribution is -2.00. The monoisotopic (exact) mass is 231 g/mol. The van der Waals surface area contributed by atoms with E-state index in [0.717, 1.165) is 17.2 Å². The Morgan fingerprint density at radius 2 is 1.94 bits per heavy atom. The molecule has 2 aromatic carbocycles. The molecule has 0 saturated heterocycles. The van der Waals surface area contributed by atoms with Gasteiger partial charge in [0.05, 0.1) is 6.61 Å². The number of ether oxygens (including phenoxy) is 1. The Morgan fingerprint density at radius 1 is 1.12 bits per heavy atom. The summed E-state index contributed by atoms with van der Waals surface area (Å²) in [5.74, 6) is 0.858. The van der Waals surface area contributed by atoms with E-state index in [2.05, 4.69) is 6.07 Å². The van der Waals surface area contributed by atoms with Crippen LogP contribution < -0.4 is 4.74 Å². The molecule has 0 aliphatic carbocycles. The fourth-order valence-corrected chi connectivity index (χ4v) is 1.53. The Morgan fingerprint density at radius 3 is 2.62 bits per heavy atom. The maximum Gasteiger partial charge on any atom is 0.119 e. The first-order chi connectivity index (χ1) is 7.84. The standard InChI is InChI=1S/C14H12ClO/c15-13-8-6-12(7-9-13)10-11-16-14-4-2-1-3-5-14/h1-2,4-9H,10-11H2. The molecule has 16 heavy (non-hydrogen) atoms. The quantitative estimate of drug-likeness (QED) is 0.779. The maximum atomic E-state index is 5.81. The summed E-state index contributed by atoms with van der Waals surface area (Å²) in [5, 5.41) is 0.766. The lowest BCUT2D eigenvalue weighted by Gasteiger charge is -2.05. The summed E-state index contributed by atoms with van der Waals surface area (Å²) in [6, 6.07) is 18.3. The van der Waals surface area contributed by atoms with Crippen molar-refractivity contribution >= 4 is 11.6 Å². The zero-order valence-electron chi connectivity index (χ0n) is 8.82. The second-order valence-electron chi connectivity index (χ2n) is 3.46. The van der Waals surface area contributed by atoms with Gasteiger partial charge in [0.25, 0.3) is 0 Å². The predicted molar refractivity (Wildman–Crippen MR) is 65.9 cm³/mol. The van der Waals surface area contributed by atoms with E-state index in [1.165, 1.54) is 5.56 Å². The first kappa shape index (κ1) is 11.0. The van der Waals surface area contributed by atoms with Gasteiger partial charge in [-0.25, -0.2) is 0 Å². The molecule has 81 valence electrons. The second kappa shape index (κ2) is 5.57. The lowest BCUT2D eigenvalue weighted by molar-refractivity contribution is 0.322. The van der Waals surface area contributed by atoms with Gasteiger partial charge in [0.15, 0.2) is 0 Å². The molecule has 0 bridgehead atoms. The van der Waals surface area contributed by atoms with E-state index in [9.17, 15) is 0 Å². The molecule has 0 spiro atoms. The van der Waals surface area contributed by atoms with E-state index < -0.39 is 0 Å². The minimum atomic E-state index is 0.666. The van der Waals surface area contributed by atoms with Crippen LogP contribution in [0, 0.1) is 6.07 Å². The van der Waals surface area contributed by atoms with Gasteiger partial charge in [-0.1, -0.05) is 35.9 Å². The van der Waals surface area contributed by atoms with E-state index >= 15 is 0 Å². The number of rotatable bonds is 4. The van der Waals surface area contributed by atoms with Crippen molar-refractivity contribution in [2.45, 2.75) is 6.42 Å². The highest BCUT2D eigenvalue weighted by Crippen LogP contribution is 2.11. The molecule has 0 fully saturated rings. The highest BCUT2D eigenvalue weighted by atomic mass is 35.5. The summed E-state index contributed by atoms with van der Waals surface area (Å²) < 4.78 is 5.58. The third-order valence-corrected chi connectivity index (χ3v) is 2.50. The molecule has 0 unspecified atom stereocenters. The maximum absolute atomic E-state index is 5.81. The molecule has 1 nitrogen and oxygen atoms in total. The Labute approximate surface area is 101 Å². The van der Waals surface area contributed by atoms with Crippen LogP contribution in [0.1, 0.15) is 5.56 Å². The van der Waals surface area contributed by atoms with Crippen molar-refractivity contribution in [3.05, 3.63) is 65.2 Å². The van der Waals surface area contributed by atoms with Crippen LogP contribution in [-0.4, -0.2) is 6.61 Å². The van der Waals surface area contributed by atoms with E-state index in [4.69, 9.17) is 16.3 Å². The molecule has 2 heteroatoms. The molecule has 0 N–H and O–H groups in total. The lowest BCUT2D eigenvalue weighted by atomic mass is 10.2. The van der Waals surface area contributed by atoms with Gasteiger partial charge in [0.2, 0.25) is 0 Å². The highest BCUT2D eigenvalue weighted by molar-refractivity contribution is 6.30. The first-order valence-electron chi connectivity index (χ1n) is 5.18. The molecule has 0 amide bonds. The third-order valence-electron chi connectivity index (χ3n) is 2.25. The Hall–Kier alpha value is -1.47. The van der Waals surface area contributed by atoms with Gasteiger partial charge in [-0.05, 0) is 35.9 Å². The molecule has 0 saturated carbocycles. The minimum absolute atomic E-state index is 0.666. The number of hydrogen-bond donors (Lipinski definition) is 0. The zero-order valence-corrected chi connectivity index (χ0v) is 9.58. The highest BCUT2D eigenvalue weighted by Gasteiger charge is 1.95. The summed E-state index contributed by atoms with van der Waals surface area (Å²) in [7, 11) is 0. The predicted octanol–water partition coefficient (Wildman–Crippen LogP) is 3.76. The van der Waals surface area contributed by atoms with Crippen LogP contribution in [0.4, 0.5) is 0 Å². The fourth-order valence-electron chi connectivity index (χ4n) is 1.40. The van der Waals surface area contributed by atoms with Crippen molar-refractivity contribution in [2.75, 3.05) is 6.61 Å². The van der Waals surface area contributed by atoms with Gasteiger partial charge >= 0.3 is 0 Å². The first-order valence-corrected chi connectivity index (χ1v) is 5.56. The number of hydrogen-bond acceptors (Lipinski definition) is 1.